The number of nitrogens with one attached hydrogen (secondary N) is 1. The summed E-state index contributed by atoms with van der Waals surface area (Å²) in [5.41, 5.74) is 3.48. The second kappa shape index (κ2) is 14.7. The van der Waals surface area contributed by atoms with Crippen molar-refractivity contribution in [2.45, 2.75) is 38.6 Å². The van der Waals surface area contributed by atoms with Crippen molar-refractivity contribution >= 4 is 43.3 Å². The highest BCUT2D eigenvalue weighted by Gasteiger charge is 2.25. The number of carbonyl (C=O) groups excluding carboxylic acids is 1. The van der Waals surface area contributed by atoms with Gasteiger partial charge in [0.05, 0.1) is 36.3 Å². The van der Waals surface area contributed by atoms with Gasteiger partial charge in [-0.2, -0.15) is 4.31 Å². The molecular weight excluding hydrogens is 592 g/mol. The Morgan fingerprint density at radius 2 is 1.74 bits per heavy atom. The van der Waals surface area contributed by atoms with E-state index in [1.807, 2.05) is 24.3 Å². The van der Waals surface area contributed by atoms with Crippen LogP contribution in [0.25, 0.3) is 21.6 Å². The van der Waals surface area contributed by atoms with Crippen molar-refractivity contribution in [3.63, 3.8) is 0 Å². The van der Waals surface area contributed by atoms with E-state index >= 15 is 0 Å². The number of benzene rings is 1. The molecule has 0 bridgehead atoms. The molecule has 2 N–H and O–H groups in total. The summed E-state index contributed by atoms with van der Waals surface area (Å²) < 4.78 is 37.9. The normalized spacial score (nSPS) is 16.9. The quantitative estimate of drug-likeness (QED) is 0.164. The lowest BCUT2D eigenvalue weighted by molar-refractivity contribution is -0.129. The Labute approximate surface area is 256 Å². The van der Waals surface area contributed by atoms with E-state index in [9.17, 15) is 13.2 Å². The second-order valence-corrected chi connectivity index (χ2v) is 14.0. The molecule has 234 valence electrons. The molecule has 12 nitrogen and oxygen atoms in total. The maximum Gasteiger partial charge on any atom is 0.243 e. The van der Waals surface area contributed by atoms with Gasteiger partial charge in [0, 0.05) is 62.7 Å². The molecule has 0 spiro atoms. The summed E-state index contributed by atoms with van der Waals surface area (Å²) in [7, 11) is -3.16. The first kappa shape index (κ1) is 31.5. The Bertz CT molecular complexity index is 1470. The van der Waals surface area contributed by atoms with Crippen molar-refractivity contribution in [2.75, 3.05) is 70.2 Å². The third kappa shape index (κ3) is 8.61. The van der Waals surface area contributed by atoms with E-state index in [-0.39, 0.29) is 5.91 Å². The molecule has 2 fully saturated rings. The third-order valence-electron chi connectivity index (χ3n) is 7.70. The number of carbonyl (C=O) groups is 1. The Balaban J connectivity index is 1.25. The van der Waals surface area contributed by atoms with Gasteiger partial charge in [0.2, 0.25) is 15.9 Å². The van der Waals surface area contributed by atoms with E-state index in [1.165, 1.54) is 11.1 Å². The van der Waals surface area contributed by atoms with Crippen molar-refractivity contribution in [3.8, 4) is 17.1 Å². The van der Waals surface area contributed by atoms with Gasteiger partial charge in [0.25, 0.3) is 0 Å². The SMILES string of the molecule is CS(=O)(=O)N1CCN(Cc2cc3nc(-c4ccc(OCCCCCCC(=O)NO)cc4)nc(N4CCOCC4)c3s2)CC1. The molecule has 0 radical (unpaired) electrons. The number of thiophene rings is 1. The number of fused-ring (bicyclic) bond motifs is 1. The summed E-state index contributed by atoms with van der Waals surface area (Å²) in [4.78, 5) is 26.8. The van der Waals surface area contributed by atoms with Crippen molar-refractivity contribution in [1.82, 2.24) is 24.7 Å². The van der Waals surface area contributed by atoms with Gasteiger partial charge in [-0.05, 0) is 43.2 Å². The predicted molar refractivity (Wildman–Crippen MR) is 166 cm³/mol. The van der Waals surface area contributed by atoms with Crippen LogP contribution in [0, 0.1) is 0 Å². The molecule has 5 rings (SSSR count). The minimum atomic E-state index is -3.16. The topological polar surface area (TPSA) is 137 Å². The third-order valence-corrected chi connectivity index (χ3v) is 10.1. The van der Waals surface area contributed by atoms with Crippen molar-refractivity contribution in [2.24, 2.45) is 0 Å². The monoisotopic (exact) mass is 632 g/mol. The molecular formula is C29H40N6O6S2. The number of morpholine rings is 1. The number of sulfonamides is 1. The molecule has 1 amide bonds. The van der Waals surface area contributed by atoms with Gasteiger partial charge in [0.15, 0.2) is 11.6 Å². The smallest absolute Gasteiger partial charge is 0.243 e. The summed E-state index contributed by atoms with van der Waals surface area (Å²) in [6.07, 6.45) is 5.09. The Hall–Kier alpha value is -2.88. The summed E-state index contributed by atoms with van der Waals surface area (Å²) in [5.74, 6) is 2.03. The number of anilines is 1. The summed E-state index contributed by atoms with van der Waals surface area (Å²) in [5, 5.41) is 8.55. The highest BCUT2D eigenvalue weighted by Crippen LogP contribution is 2.35. The number of hydroxylamine groups is 1. The molecule has 2 saturated heterocycles. The van der Waals surface area contributed by atoms with Gasteiger partial charge in [-0.25, -0.2) is 23.9 Å². The number of ether oxygens (including phenoxy) is 2. The maximum absolute atomic E-state index is 11.9. The van der Waals surface area contributed by atoms with E-state index in [0.717, 1.165) is 72.7 Å². The number of piperazine rings is 1. The van der Waals surface area contributed by atoms with Crippen molar-refractivity contribution in [3.05, 3.63) is 35.2 Å². The Kier molecular flexibility index (Phi) is 10.8. The van der Waals surface area contributed by atoms with Crippen LogP contribution in [0.5, 0.6) is 5.75 Å². The van der Waals surface area contributed by atoms with Gasteiger partial charge in [-0.1, -0.05) is 12.8 Å². The van der Waals surface area contributed by atoms with Gasteiger partial charge in [0.1, 0.15) is 5.75 Å². The van der Waals surface area contributed by atoms with Crippen LogP contribution >= 0.6 is 11.3 Å². The molecule has 0 saturated carbocycles. The minimum absolute atomic E-state index is 0.331. The van der Waals surface area contributed by atoms with Gasteiger partial charge in [-0.3, -0.25) is 14.9 Å². The average Bonchev–Trinajstić information content (AvgIpc) is 3.42. The lowest BCUT2D eigenvalue weighted by Gasteiger charge is -2.32. The van der Waals surface area contributed by atoms with Crippen molar-refractivity contribution in [1.29, 1.82) is 0 Å². The van der Waals surface area contributed by atoms with Gasteiger partial charge < -0.3 is 14.4 Å². The van der Waals surface area contributed by atoms with Crippen molar-refractivity contribution < 1.29 is 27.9 Å². The Morgan fingerprint density at radius 3 is 2.44 bits per heavy atom. The zero-order valence-corrected chi connectivity index (χ0v) is 26.2. The van der Waals surface area contributed by atoms with Crippen LogP contribution in [-0.4, -0.2) is 104 Å². The number of unbranched alkanes of at least 4 members (excludes halogenated alkanes) is 3. The fourth-order valence-electron chi connectivity index (χ4n) is 5.29. The van der Waals surface area contributed by atoms with E-state index < -0.39 is 10.0 Å². The van der Waals surface area contributed by atoms with Crippen LogP contribution in [-0.2, 0) is 26.1 Å². The zero-order valence-electron chi connectivity index (χ0n) is 24.5. The number of aromatic nitrogens is 2. The van der Waals surface area contributed by atoms with E-state index in [4.69, 9.17) is 24.6 Å². The lowest BCUT2D eigenvalue weighted by Crippen LogP contribution is -2.47. The lowest BCUT2D eigenvalue weighted by atomic mass is 10.1. The van der Waals surface area contributed by atoms with E-state index in [2.05, 4.69) is 15.9 Å². The predicted octanol–water partition coefficient (Wildman–Crippen LogP) is 3.11. The molecule has 1 aromatic carbocycles. The highest BCUT2D eigenvalue weighted by molar-refractivity contribution is 7.88. The maximum atomic E-state index is 11.9. The average molecular weight is 633 g/mol. The first-order valence-corrected chi connectivity index (χ1v) is 17.4. The molecule has 0 unspecified atom stereocenters. The summed E-state index contributed by atoms with van der Waals surface area (Å²) in [6, 6.07) is 10.0. The van der Waals surface area contributed by atoms with Crippen LogP contribution in [0.3, 0.4) is 0 Å². The van der Waals surface area contributed by atoms with E-state index in [1.54, 1.807) is 21.1 Å². The number of rotatable bonds is 13. The van der Waals surface area contributed by atoms with Crippen LogP contribution < -0.4 is 15.1 Å². The molecule has 0 aliphatic carbocycles. The summed E-state index contributed by atoms with van der Waals surface area (Å²) in [6.45, 7) is 6.63. The fourth-order valence-corrected chi connectivity index (χ4v) is 7.27. The molecule has 2 aromatic heterocycles. The summed E-state index contributed by atoms with van der Waals surface area (Å²) >= 11 is 1.71. The van der Waals surface area contributed by atoms with Crippen LogP contribution in [0.15, 0.2) is 30.3 Å². The van der Waals surface area contributed by atoms with Crippen LogP contribution in [0.2, 0.25) is 0 Å². The first-order valence-electron chi connectivity index (χ1n) is 14.8. The number of nitrogens with zero attached hydrogens (tertiary/aromatic N) is 5. The van der Waals surface area contributed by atoms with Gasteiger partial charge >= 0.3 is 0 Å². The van der Waals surface area contributed by atoms with Gasteiger partial charge in [-0.15, -0.1) is 11.3 Å². The van der Waals surface area contributed by atoms with Crippen LogP contribution in [0.1, 0.15) is 37.0 Å². The molecule has 43 heavy (non-hydrogen) atoms. The number of hydrogen-bond acceptors (Lipinski definition) is 11. The van der Waals surface area contributed by atoms with Crippen LogP contribution in [0.4, 0.5) is 5.82 Å². The number of hydrogen-bond donors (Lipinski definition) is 2. The molecule has 3 aromatic rings. The molecule has 2 aliphatic heterocycles. The standard InChI is InChI=1S/C29H40N6O6S2/c1-43(38,39)35-13-11-33(12-14-35)21-24-20-25-27(42-24)29(34-15-18-40-19-16-34)31-28(30-25)22-7-9-23(10-8-22)41-17-5-3-2-4-6-26(36)32-37/h7-10,20,37H,2-6,11-19,21H2,1H3,(H,32,36). The second-order valence-electron chi connectivity index (χ2n) is 10.9. The fraction of sp³-hybridized carbons (Fsp3) is 0.552. The first-order chi connectivity index (χ1) is 20.8. The molecule has 2 aliphatic rings. The molecule has 0 atom stereocenters. The largest absolute Gasteiger partial charge is 0.494 e. The zero-order chi connectivity index (χ0) is 30.2. The minimum Gasteiger partial charge on any atom is -0.494 e. The molecule has 14 heteroatoms. The highest BCUT2D eigenvalue weighted by atomic mass is 32.2. The van der Waals surface area contributed by atoms with E-state index in [0.29, 0.717) is 58.2 Å². The Morgan fingerprint density at radius 1 is 1.02 bits per heavy atom. The molecule has 4 heterocycles. The number of amides is 1.